The van der Waals surface area contributed by atoms with Gasteiger partial charge < -0.3 is 4.74 Å². The van der Waals surface area contributed by atoms with Gasteiger partial charge in [-0.05, 0) is 52.7 Å². The molecule has 0 fully saturated rings. The topological polar surface area (TPSA) is 39.4 Å². The van der Waals surface area contributed by atoms with Crippen LogP contribution >= 0.6 is 15.9 Å². The van der Waals surface area contributed by atoms with Gasteiger partial charge in [0, 0.05) is 0 Å². The zero-order valence-electron chi connectivity index (χ0n) is 10.4. The molecule has 1 aromatic carbocycles. The molecule has 2 aromatic heterocycles. The first kappa shape index (κ1) is 12.2. The zero-order valence-corrected chi connectivity index (χ0v) is 12.0. The van der Waals surface area contributed by atoms with Crippen molar-refractivity contribution in [2.24, 2.45) is 0 Å². The SMILES string of the molecule is Cc1cccc(OCc2nnc3cccc(Br)n23)c1. The molecule has 3 aromatic rings. The number of hydrogen-bond donors (Lipinski definition) is 0. The summed E-state index contributed by atoms with van der Waals surface area (Å²) in [6.45, 7) is 2.42. The lowest BCUT2D eigenvalue weighted by Crippen LogP contribution is -2.02. The first-order chi connectivity index (χ1) is 9.24. The molecule has 5 heteroatoms. The molecular formula is C14H12BrN3O. The molecule has 0 saturated heterocycles. The molecule has 0 atom stereocenters. The number of nitrogens with zero attached hydrogens (tertiary/aromatic N) is 3. The maximum absolute atomic E-state index is 5.75. The van der Waals surface area contributed by atoms with Crippen LogP contribution in [0.5, 0.6) is 5.75 Å². The highest BCUT2D eigenvalue weighted by Gasteiger charge is 2.08. The van der Waals surface area contributed by atoms with Crippen LogP contribution in [0.2, 0.25) is 0 Å². The fraction of sp³-hybridized carbons (Fsp3) is 0.143. The van der Waals surface area contributed by atoms with Gasteiger partial charge in [-0.2, -0.15) is 0 Å². The fourth-order valence-corrected chi connectivity index (χ4v) is 2.44. The molecule has 0 spiro atoms. The largest absolute Gasteiger partial charge is 0.486 e. The smallest absolute Gasteiger partial charge is 0.176 e. The van der Waals surface area contributed by atoms with Crippen molar-refractivity contribution in [3.05, 3.63) is 58.5 Å². The zero-order chi connectivity index (χ0) is 13.2. The Morgan fingerprint density at radius 2 is 2.00 bits per heavy atom. The molecule has 0 aliphatic rings. The normalized spacial score (nSPS) is 10.8. The molecule has 2 heterocycles. The van der Waals surface area contributed by atoms with Crippen LogP contribution < -0.4 is 4.74 Å². The van der Waals surface area contributed by atoms with Crippen molar-refractivity contribution in [3.63, 3.8) is 0 Å². The molecule has 0 amide bonds. The van der Waals surface area contributed by atoms with Gasteiger partial charge in [0.1, 0.15) is 12.4 Å². The van der Waals surface area contributed by atoms with Gasteiger partial charge in [-0.1, -0.05) is 18.2 Å². The minimum Gasteiger partial charge on any atom is -0.486 e. The second kappa shape index (κ2) is 5.01. The van der Waals surface area contributed by atoms with Crippen LogP contribution in [0.15, 0.2) is 47.1 Å². The van der Waals surface area contributed by atoms with Crippen molar-refractivity contribution in [3.8, 4) is 5.75 Å². The van der Waals surface area contributed by atoms with E-state index in [9.17, 15) is 0 Å². The van der Waals surface area contributed by atoms with Crippen LogP contribution in [-0.4, -0.2) is 14.6 Å². The van der Waals surface area contributed by atoms with E-state index in [4.69, 9.17) is 4.74 Å². The first-order valence-corrected chi connectivity index (χ1v) is 6.71. The van der Waals surface area contributed by atoms with E-state index in [-0.39, 0.29) is 0 Å². The van der Waals surface area contributed by atoms with Crippen LogP contribution in [-0.2, 0) is 6.61 Å². The predicted octanol–water partition coefficient (Wildman–Crippen LogP) is 3.38. The number of ether oxygens (including phenoxy) is 1. The van der Waals surface area contributed by atoms with Crippen molar-refractivity contribution in [2.45, 2.75) is 13.5 Å². The second-order valence-electron chi connectivity index (χ2n) is 4.26. The Hall–Kier alpha value is -1.88. The summed E-state index contributed by atoms with van der Waals surface area (Å²) >= 11 is 3.49. The molecule has 0 aliphatic carbocycles. The summed E-state index contributed by atoms with van der Waals surface area (Å²) in [7, 11) is 0. The standard InChI is InChI=1S/C14H12BrN3O/c1-10-4-2-5-11(8-10)19-9-14-17-16-13-7-3-6-12(15)18(13)14/h2-8H,9H2,1H3. The van der Waals surface area contributed by atoms with E-state index in [1.807, 2.05) is 53.8 Å². The Kier molecular flexibility index (Phi) is 3.21. The summed E-state index contributed by atoms with van der Waals surface area (Å²) in [5.41, 5.74) is 1.97. The van der Waals surface area contributed by atoms with Crippen molar-refractivity contribution < 1.29 is 4.74 Å². The van der Waals surface area contributed by atoms with Crippen molar-refractivity contribution in [2.75, 3.05) is 0 Å². The number of halogens is 1. The molecule has 0 unspecified atom stereocenters. The number of rotatable bonds is 3. The quantitative estimate of drug-likeness (QED) is 0.695. The maximum Gasteiger partial charge on any atom is 0.176 e. The molecular weight excluding hydrogens is 306 g/mol. The molecule has 0 bridgehead atoms. The maximum atomic E-state index is 5.75. The van der Waals surface area contributed by atoms with Gasteiger partial charge in [0.15, 0.2) is 11.5 Å². The lowest BCUT2D eigenvalue weighted by atomic mass is 10.2. The summed E-state index contributed by atoms with van der Waals surface area (Å²) in [5.74, 6) is 1.60. The Morgan fingerprint density at radius 3 is 2.84 bits per heavy atom. The Morgan fingerprint density at radius 1 is 1.16 bits per heavy atom. The van der Waals surface area contributed by atoms with Gasteiger partial charge in [-0.25, -0.2) is 0 Å². The van der Waals surface area contributed by atoms with Crippen LogP contribution in [0.4, 0.5) is 0 Å². The predicted molar refractivity (Wildman–Crippen MR) is 76.2 cm³/mol. The third-order valence-electron chi connectivity index (χ3n) is 2.81. The van der Waals surface area contributed by atoms with Gasteiger partial charge in [-0.3, -0.25) is 4.40 Å². The van der Waals surface area contributed by atoms with E-state index in [0.717, 1.165) is 21.8 Å². The summed E-state index contributed by atoms with van der Waals surface area (Å²) in [6, 6.07) is 13.7. The molecule has 4 nitrogen and oxygen atoms in total. The van der Waals surface area contributed by atoms with Gasteiger partial charge in [0.25, 0.3) is 0 Å². The fourth-order valence-electron chi connectivity index (χ4n) is 1.91. The van der Waals surface area contributed by atoms with Crippen molar-refractivity contribution in [1.82, 2.24) is 14.6 Å². The highest BCUT2D eigenvalue weighted by atomic mass is 79.9. The number of benzene rings is 1. The van der Waals surface area contributed by atoms with E-state index in [1.165, 1.54) is 5.56 Å². The summed E-state index contributed by atoms with van der Waals surface area (Å²) in [6.07, 6.45) is 0. The first-order valence-electron chi connectivity index (χ1n) is 5.92. The van der Waals surface area contributed by atoms with Crippen LogP contribution in [0.3, 0.4) is 0 Å². The molecule has 96 valence electrons. The van der Waals surface area contributed by atoms with E-state index in [2.05, 4.69) is 26.1 Å². The number of aryl methyl sites for hydroxylation is 1. The van der Waals surface area contributed by atoms with E-state index in [0.29, 0.717) is 6.61 Å². The summed E-state index contributed by atoms with van der Waals surface area (Å²) in [4.78, 5) is 0. The average molecular weight is 318 g/mol. The van der Waals surface area contributed by atoms with Gasteiger partial charge in [0.05, 0.1) is 4.60 Å². The van der Waals surface area contributed by atoms with E-state index in [1.54, 1.807) is 0 Å². The van der Waals surface area contributed by atoms with Crippen molar-refractivity contribution >= 4 is 21.6 Å². The number of pyridine rings is 1. The second-order valence-corrected chi connectivity index (χ2v) is 5.08. The Bertz CT molecular complexity index is 724. The molecule has 0 aliphatic heterocycles. The van der Waals surface area contributed by atoms with E-state index < -0.39 is 0 Å². The van der Waals surface area contributed by atoms with E-state index >= 15 is 0 Å². The minimum absolute atomic E-state index is 0.382. The van der Waals surface area contributed by atoms with Crippen LogP contribution in [0.25, 0.3) is 5.65 Å². The molecule has 19 heavy (non-hydrogen) atoms. The Balaban J connectivity index is 1.86. The minimum atomic E-state index is 0.382. The van der Waals surface area contributed by atoms with Gasteiger partial charge in [0.2, 0.25) is 0 Å². The number of hydrogen-bond acceptors (Lipinski definition) is 3. The third-order valence-corrected chi connectivity index (χ3v) is 3.42. The highest BCUT2D eigenvalue weighted by molar-refractivity contribution is 9.10. The summed E-state index contributed by atoms with van der Waals surface area (Å²) < 4.78 is 8.59. The van der Waals surface area contributed by atoms with Crippen LogP contribution in [0, 0.1) is 6.92 Å². The average Bonchev–Trinajstić information content (AvgIpc) is 2.81. The monoisotopic (exact) mass is 317 g/mol. The highest BCUT2D eigenvalue weighted by Crippen LogP contribution is 2.17. The van der Waals surface area contributed by atoms with Crippen molar-refractivity contribution in [1.29, 1.82) is 0 Å². The molecule has 3 rings (SSSR count). The Labute approximate surface area is 119 Å². The number of aromatic nitrogens is 3. The molecule has 0 N–H and O–H groups in total. The number of fused-ring (bicyclic) bond motifs is 1. The molecule has 0 radical (unpaired) electrons. The van der Waals surface area contributed by atoms with Gasteiger partial charge >= 0.3 is 0 Å². The third kappa shape index (κ3) is 2.46. The molecule has 0 saturated carbocycles. The summed E-state index contributed by atoms with van der Waals surface area (Å²) in [5, 5.41) is 8.26. The lowest BCUT2D eigenvalue weighted by Gasteiger charge is -2.06. The van der Waals surface area contributed by atoms with Gasteiger partial charge in [-0.15, -0.1) is 10.2 Å². The lowest BCUT2D eigenvalue weighted by molar-refractivity contribution is 0.294. The van der Waals surface area contributed by atoms with Crippen LogP contribution in [0.1, 0.15) is 11.4 Å².